The SMILES string of the molecule is CNc1nccc(NC2CCCCC2O)n1. The molecule has 2 unspecified atom stereocenters. The van der Waals surface area contributed by atoms with Crippen LogP contribution in [0.2, 0.25) is 0 Å². The second-order valence-corrected chi connectivity index (χ2v) is 4.12. The minimum atomic E-state index is -0.262. The Balaban J connectivity index is 2.01. The molecule has 1 saturated carbocycles. The van der Waals surface area contributed by atoms with E-state index in [0.29, 0.717) is 5.95 Å². The van der Waals surface area contributed by atoms with Crippen molar-refractivity contribution in [1.82, 2.24) is 9.97 Å². The average molecular weight is 222 g/mol. The Bertz CT molecular complexity index is 345. The first kappa shape index (κ1) is 11.1. The van der Waals surface area contributed by atoms with Crippen molar-refractivity contribution in [3.05, 3.63) is 12.3 Å². The van der Waals surface area contributed by atoms with Gasteiger partial charge in [0.25, 0.3) is 0 Å². The number of hydrogen-bond donors (Lipinski definition) is 3. The molecular weight excluding hydrogens is 204 g/mol. The number of anilines is 2. The molecule has 1 heterocycles. The predicted molar refractivity (Wildman–Crippen MR) is 63.5 cm³/mol. The first-order valence-corrected chi connectivity index (χ1v) is 5.75. The van der Waals surface area contributed by atoms with Crippen LogP contribution in [0.4, 0.5) is 11.8 Å². The second kappa shape index (κ2) is 5.12. The maximum Gasteiger partial charge on any atom is 0.224 e. The topological polar surface area (TPSA) is 70.1 Å². The number of nitrogens with one attached hydrogen (secondary N) is 2. The summed E-state index contributed by atoms with van der Waals surface area (Å²) in [5, 5.41) is 16.0. The van der Waals surface area contributed by atoms with Crippen molar-refractivity contribution in [3.8, 4) is 0 Å². The first-order valence-electron chi connectivity index (χ1n) is 5.75. The normalized spacial score (nSPS) is 25.1. The minimum absolute atomic E-state index is 0.119. The number of aromatic nitrogens is 2. The second-order valence-electron chi connectivity index (χ2n) is 4.12. The zero-order valence-corrected chi connectivity index (χ0v) is 9.48. The molecule has 88 valence electrons. The van der Waals surface area contributed by atoms with E-state index >= 15 is 0 Å². The average Bonchev–Trinajstić information content (AvgIpc) is 2.32. The summed E-state index contributed by atoms with van der Waals surface area (Å²) in [5.41, 5.74) is 0. The Labute approximate surface area is 95.3 Å². The minimum Gasteiger partial charge on any atom is -0.391 e. The van der Waals surface area contributed by atoms with Gasteiger partial charge in [-0.2, -0.15) is 4.98 Å². The highest BCUT2D eigenvalue weighted by Crippen LogP contribution is 2.21. The van der Waals surface area contributed by atoms with Gasteiger partial charge in [-0.15, -0.1) is 0 Å². The summed E-state index contributed by atoms with van der Waals surface area (Å²) in [6, 6.07) is 1.94. The Hall–Kier alpha value is -1.36. The van der Waals surface area contributed by atoms with Gasteiger partial charge in [-0.05, 0) is 18.9 Å². The highest BCUT2D eigenvalue weighted by molar-refractivity contribution is 5.40. The summed E-state index contributed by atoms with van der Waals surface area (Å²) in [5.74, 6) is 1.36. The number of aliphatic hydroxyl groups is 1. The monoisotopic (exact) mass is 222 g/mol. The standard InChI is InChI=1S/C11H18N4O/c1-12-11-13-7-6-10(15-11)14-8-4-2-3-5-9(8)16/h6-9,16H,2-5H2,1H3,(H2,12,13,14,15). The molecule has 3 N–H and O–H groups in total. The Morgan fingerprint density at radius 2 is 2.19 bits per heavy atom. The quantitative estimate of drug-likeness (QED) is 0.717. The number of rotatable bonds is 3. The van der Waals surface area contributed by atoms with E-state index in [-0.39, 0.29) is 12.1 Å². The van der Waals surface area contributed by atoms with Crippen molar-refractivity contribution in [3.63, 3.8) is 0 Å². The zero-order valence-electron chi connectivity index (χ0n) is 9.48. The lowest BCUT2D eigenvalue weighted by Crippen LogP contribution is -2.36. The molecule has 5 heteroatoms. The fourth-order valence-electron chi connectivity index (χ4n) is 2.03. The molecule has 2 atom stereocenters. The van der Waals surface area contributed by atoms with E-state index in [2.05, 4.69) is 20.6 Å². The van der Waals surface area contributed by atoms with E-state index in [1.165, 1.54) is 6.42 Å². The van der Waals surface area contributed by atoms with Crippen LogP contribution in [0.3, 0.4) is 0 Å². The van der Waals surface area contributed by atoms with Gasteiger partial charge >= 0.3 is 0 Å². The maximum absolute atomic E-state index is 9.84. The van der Waals surface area contributed by atoms with Crippen molar-refractivity contribution in [2.45, 2.75) is 37.8 Å². The van der Waals surface area contributed by atoms with Crippen LogP contribution < -0.4 is 10.6 Å². The van der Waals surface area contributed by atoms with Crippen LogP contribution >= 0.6 is 0 Å². The molecule has 0 bridgehead atoms. The van der Waals surface area contributed by atoms with Crippen LogP contribution in [-0.2, 0) is 0 Å². The van der Waals surface area contributed by atoms with Gasteiger partial charge < -0.3 is 15.7 Å². The fraction of sp³-hybridized carbons (Fsp3) is 0.636. The molecule has 0 aliphatic heterocycles. The molecule has 1 aliphatic carbocycles. The fourth-order valence-corrected chi connectivity index (χ4v) is 2.03. The van der Waals surface area contributed by atoms with E-state index in [1.807, 2.05) is 6.07 Å². The molecule has 2 rings (SSSR count). The molecule has 16 heavy (non-hydrogen) atoms. The summed E-state index contributed by atoms with van der Waals surface area (Å²) in [6.07, 6.45) is 5.60. The first-order chi connectivity index (χ1) is 7.79. The Kier molecular flexibility index (Phi) is 3.56. The van der Waals surface area contributed by atoms with Gasteiger partial charge in [-0.1, -0.05) is 12.8 Å². The van der Waals surface area contributed by atoms with Gasteiger partial charge in [-0.3, -0.25) is 0 Å². The summed E-state index contributed by atoms with van der Waals surface area (Å²) in [7, 11) is 1.79. The highest BCUT2D eigenvalue weighted by Gasteiger charge is 2.22. The summed E-state index contributed by atoms with van der Waals surface area (Å²) >= 11 is 0. The smallest absolute Gasteiger partial charge is 0.224 e. The molecule has 0 aromatic carbocycles. The van der Waals surface area contributed by atoms with E-state index in [1.54, 1.807) is 13.2 Å². The molecule has 5 nitrogen and oxygen atoms in total. The summed E-state index contributed by atoms with van der Waals surface area (Å²) < 4.78 is 0. The van der Waals surface area contributed by atoms with Crippen LogP contribution in [0.25, 0.3) is 0 Å². The zero-order chi connectivity index (χ0) is 11.4. The Morgan fingerprint density at radius 1 is 1.38 bits per heavy atom. The third-order valence-electron chi connectivity index (χ3n) is 2.94. The van der Waals surface area contributed by atoms with E-state index in [0.717, 1.165) is 25.1 Å². The van der Waals surface area contributed by atoms with Gasteiger partial charge in [0.1, 0.15) is 5.82 Å². The van der Waals surface area contributed by atoms with E-state index in [4.69, 9.17) is 0 Å². The largest absolute Gasteiger partial charge is 0.391 e. The third-order valence-corrected chi connectivity index (χ3v) is 2.94. The van der Waals surface area contributed by atoms with Crippen LogP contribution in [0, 0.1) is 0 Å². The molecule has 1 fully saturated rings. The van der Waals surface area contributed by atoms with Gasteiger partial charge in [0, 0.05) is 13.2 Å². The van der Waals surface area contributed by atoms with Gasteiger partial charge in [0.2, 0.25) is 5.95 Å². The summed E-state index contributed by atoms with van der Waals surface area (Å²) in [4.78, 5) is 8.32. The van der Waals surface area contributed by atoms with Crippen molar-refractivity contribution in [1.29, 1.82) is 0 Å². The van der Waals surface area contributed by atoms with Crippen molar-refractivity contribution < 1.29 is 5.11 Å². The van der Waals surface area contributed by atoms with Crippen LogP contribution in [0.1, 0.15) is 25.7 Å². The molecule has 0 amide bonds. The molecule has 0 saturated heterocycles. The predicted octanol–water partition coefficient (Wildman–Crippen LogP) is 1.23. The summed E-state index contributed by atoms with van der Waals surface area (Å²) in [6.45, 7) is 0. The van der Waals surface area contributed by atoms with Gasteiger partial charge in [-0.25, -0.2) is 4.98 Å². The molecule has 1 aliphatic rings. The highest BCUT2D eigenvalue weighted by atomic mass is 16.3. The number of nitrogens with zero attached hydrogens (tertiary/aromatic N) is 2. The maximum atomic E-state index is 9.84. The molecule has 0 spiro atoms. The van der Waals surface area contributed by atoms with Gasteiger partial charge in [0.15, 0.2) is 0 Å². The van der Waals surface area contributed by atoms with Crippen LogP contribution in [-0.4, -0.2) is 34.3 Å². The lowest BCUT2D eigenvalue weighted by atomic mass is 9.93. The Morgan fingerprint density at radius 3 is 2.94 bits per heavy atom. The number of aliphatic hydroxyl groups excluding tert-OH is 1. The lowest BCUT2D eigenvalue weighted by Gasteiger charge is -2.28. The molecular formula is C11H18N4O. The van der Waals surface area contributed by atoms with Crippen LogP contribution in [0.15, 0.2) is 12.3 Å². The third kappa shape index (κ3) is 2.61. The molecule has 1 aromatic rings. The van der Waals surface area contributed by atoms with Crippen LogP contribution in [0.5, 0.6) is 0 Å². The molecule has 0 radical (unpaired) electrons. The molecule has 1 aromatic heterocycles. The lowest BCUT2D eigenvalue weighted by molar-refractivity contribution is 0.116. The van der Waals surface area contributed by atoms with Crippen molar-refractivity contribution >= 4 is 11.8 Å². The van der Waals surface area contributed by atoms with Crippen molar-refractivity contribution in [2.24, 2.45) is 0 Å². The van der Waals surface area contributed by atoms with Crippen molar-refractivity contribution in [2.75, 3.05) is 17.7 Å². The van der Waals surface area contributed by atoms with Gasteiger partial charge in [0.05, 0.1) is 12.1 Å². The van der Waals surface area contributed by atoms with E-state index < -0.39 is 0 Å². The number of hydrogen-bond acceptors (Lipinski definition) is 5. The van der Waals surface area contributed by atoms with E-state index in [9.17, 15) is 5.11 Å².